The Morgan fingerprint density at radius 1 is 1.39 bits per heavy atom. The molecule has 0 fully saturated rings. The van der Waals surface area contributed by atoms with Gasteiger partial charge in [0.05, 0.1) is 29.5 Å². The van der Waals surface area contributed by atoms with Gasteiger partial charge in [-0.15, -0.1) is 0 Å². The van der Waals surface area contributed by atoms with E-state index in [2.05, 4.69) is 5.10 Å². The minimum atomic E-state index is -0.120. The summed E-state index contributed by atoms with van der Waals surface area (Å²) in [6.07, 6.45) is 0. The molecule has 2 rings (SSSR count). The van der Waals surface area contributed by atoms with Crippen LogP contribution < -0.4 is 4.74 Å². The first-order valence-electron chi connectivity index (χ1n) is 5.47. The number of benzene rings is 1. The van der Waals surface area contributed by atoms with Crippen molar-refractivity contribution in [3.8, 4) is 17.7 Å². The van der Waals surface area contributed by atoms with Gasteiger partial charge in [0, 0.05) is 7.05 Å². The topological polar surface area (TPSA) is 71.1 Å². The van der Waals surface area contributed by atoms with Crippen molar-refractivity contribution < 1.29 is 9.84 Å². The van der Waals surface area contributed by atoms with Gasteiger partial charge in [0.2, 0.25) is 5.88 Å². The van der Waals surface area contributed by atoms with E-state index >= 15 is 0 Å². The zero-order valence-corrected chi connectivity index (χ0v) is 10.2. The van der Waals surface area contributed by atoms with Crippen LogP contribution in [-0.4, -0.2) is 14.9 Å². The average Bonchev–Trinajstić information content (AvgIpc) is 2.64. The second-order valence-corrected chi connectivity index (χ2v) is 3.89. The van der Waals surface area contributed by atoms with Crippen LogP contribution in [0.3, 0.4) is 0 Å². The largest absolute Gasteiger partial charge is 0.439 e. The van der Waals surface area contributed by atoms with Crippen LogP contribution in [0.25, 0.3) is 0 Å². The lowest BCUT2D eigenvalue weighted by atomic mass is 10.2. The van der Waals surface area contributed by atoms with E-state index in [9.17, 15) is 5.11 Å². The zero-order chi connectivity index (χ0) is 13.1. The summed E-state index contributed by atoms with van der Waals surface area (Å²) in [5.41, 5.74) is 1.98. The van der Waals surface area contributed by atoms with Crippen molar-refractivity contribution in [2.24, 2.45) is 7.05 Å². The standard InChI is InChI=1S/C13H13N3O2/c1-9-12(8-17)13(16(2)15-9)18-11-5-3-10(7-14)4-6-11/h3-6,17H,8H2,1-2H3. The third-order valence-electron chi connectivity index (χ3n) is 2.64. The van der Waals surface area contributed by atoms with Crippen molar-refractivity contribution in [1.29, 1.82) is 5.26 Å². The molecule has 0 aliphatic heterocycles. The van der Waals surface area contributed by atoms with Crippen LogP contribution in [0.1, 0.15) is 16.8 Å². The lowest BCUT2D eigenvalue weighted by Crippen LogP contribution is -1.97. The molecule has 0 bridgehead atoms. The van der Waals surface area contributed by atoms with E-state index in [1.807, 2.05) is 13.0 Å². The van der Waals surface area contributed by atoms with Gasteiger partial charge < -0.3 is 9.84 Å². The fourth-order valence-electron chi connectivity index (χ4n) is 1.70. The molecular weight excluding hydrogens is 230 g/mol. The highest BCUT2D eigenvalue weighted by atomic mass is 16.5. The Kier molecular flexibility index (Phi) is 3.31. The van der Waals surface area contributed by atoms with Gasteiger partial charge in [0.15, 0.2) is 0 Å². The van der Waals surface area contributed by atoms with Crippen LogP contribution in [0.15, 0.2) is 24.3 Å². The van der Waals surface area contributed by atoms with Crippen LogP contribution in [0.4, 0.5) is 0 Å². The molecule has 0 spiro atoms. The molecule has 0 saturated carbocycles. The van der Waals surface area contributed by atoms with Gasteiger partial charge in [-0.05, 0) is 31.2 Å². The second kappa shape index (κ2) is 4.90. The number of nitriles is 1. The molecule has 0 radical (unpaired) electrons. The molecule has 0 amide bonds. The van der Waals surface area contributed by atoms with Crippen LogP contribution >= 0.6 is 0 Å². The molecule has 0 unspecified atom stereocenters. The molecule has 0 aliphatic rings. The predicted molar refractivity (Wildman–Crippen MR) is 65.1 cm³/mol. The highest BCUT2D eigenvalue weighted by Gasteiger charge is 2.14. The first-order chi connectivity index (χ1) is 8.65. The third kappa shape index (κ3) is 2.19. The maximum absolute atomic E-state index is 9.30. The Bertz CT molecular complexity index is 594. The van der Waals surface area contributed by atoms with Crippen LogP contribution in [0, 0.1) is 18.3 Å². The number of aliphatic hydroxyl groups excluding tert-OH is 1. The number of rotatable bonds is 3. The number of hydrogen-bond acceptors (Lipinski definition) is 4. The van der Waals surface area contributed by atoms with Gasteiger partial charge in [0.25, 0.3) is 0 Å². The highest BCUT2D eigenvalue weighted by molar-refractivity contribution is 5.38. The molecule has 1 N–H and O–H groups in total. The third-order valence-corrected chi connectivity index (χ3v) is 2.64. The quantitative estimate of drug-likeness (QED) is 0.893. The maximum atomic E-state index is 9.30. The van der Waals surface area contributed by atoms with E-state index in [0.717, 1.165) is 5.69 Å². The summed E-state index contributed by atoms with van der Waals surface area (Å²) >= 11 is 0. The molecule has 18 heavy (non-hydrogen) atoms. The molecule has 1 aromatic carbocycles. The lowest BCUT2D eigenvalue weighted by Gasteiger charge is -2.07. The van der Waals surface area contributed by atoms with Crippen LogP contribution in [0.5, 0.6) is 11.6 Å². The Balaban J connectivity index is 2.31. The molecule has 0 saturated heterocycles. The van der Waals surface area contributed by atoms with Crippen molar-refractivity contribution in [1.82, 2.24) is 9.78 Å². The normalized spacial score (nSPS) is 10.1. The van der Waals surface area contributed by atoms with Crippen molar-refractivity contribution in [2.45, 2.75) is 13.5 Å². The van der Waals surface area contributed by atoms with Crippen molar-refractivity contribution in [3.05, 3.63) is 41.1 Å². The summed E-state index contributed by atoms with van der Waals surface area (Å²) in [4.78, 5) is 0. The van der Waals surface area contributed by atoms with E-state index in [4.69, 9.17) is 10.00 Å². The summed E-state index contributed by atoms with van der Waals surface area (Å²) < 4.78 is 7.26. The van der Waals surface area contributed by atoms with Gasteiger partial charge in [-0.2, -0.15) is 10.4 Å². The Labute approximate surface area is 105 Å². The summed E-state index contributed by atoms with van der Waals surface area (Å²) in [5, 5.41) is 22.2. The minimum absolute atomic E-state index is 0.120. The minimum Gasteiger partial charge on any atom is -0.439 e. The van der Waals surface area contributed by atoms with E-state index < -0.39 is 0 Å². The number of nitrogens with zero attached hydrogens (tertiary/aromatic N) is 3. The number of ether oxygens (including phenoxy) is 1. The van der Waals surface area contributed by atoms with E-state index in [0.29, 0.717) is 22.8 Å². The lowest BCUT2D eigenvalue weighted by molar-refractivity contribution is 0.274. The fourth-order valence-corrected chi connectivity index (χ4v) is 1.70. The number of hydrogen-bond donors (Lipinski definition) is 1. The first kappa shape index (κ1) is 12.1. The highest BCUT2D eigenvalue weighted by Crippen LogP contribution is 2.27. The molecule has 0 aliphatic carbocycles. The van der Waals surface area contributed by atoms with Gasteiger partial charge >= 0.3 is 0 Å². The smallest absolute Gasteiger partial charge is 0.223 e. The number of aryl methyl sites for hydroxylation is 2. The fraction of sp³-hybridized carbons (Fsp3) is 0.231. The number of aliphatic hydroxyl groups is 1. The van der Waals surface area contributed by atoms with Crippen molar-refractivity contribution in [2.75, 3.05) is 0 Å². The zero-order valence-electron chi connectivity index (χ0n) is 10.2. The van der Waals surface area contributed by atoms with Gasteiger partial charge in [-0.25, -0.2) is 4.68 Å². The monoisotopic (exact) mass is 243 g/mol. The van der Waals surface area contributed by atoms with Crippen molar-refractivity contribution >= 4 is 0 Å². The van der Waals surface area contributed by atoms with Gasteiger partial charge in [-0.1, -0.05) is 0 Å². The van der Waals surface area contributed by atoms with Crippen LogP contribution in [-0.2, 0) is 13.7 Å². The van der Waals surface area contributed by atoms with Crippen molar-refractivity contribution in [3.63, 3.8) is 0 Å². The molecular formula is C13H13N3O2. The maximum Gasteiger partial charge on any atom is 0.223 e. The molecule has 92 valence electrons. The SMILES string of the molecule is Cc1nn(C)c(Oc2ccc(C#N)cc2)c1CO. The molecule has 0 atom stereocenters. The first-order valence-corrected chi connectivity index (χ1v) is 5.47. The van der Waals surface area contributed by atoms with E-state index in [-0.39, 0.29) is 6.61 Å². The Morgan fingerprint density at radius 3 is 2.61 bits per heavy atom. The molecule has 5 nitrogen and oxygen atoms in total. The van der Waals surface area contributed by atoms with E-state index in [1.54, 1.807) is 36.0 Å². The molecule has 5 heteroatoms. The molecule has 1 heterocycles. The summed E-state index contributed by atoms with van der Waals surface area (Å²) in [6.45, 7) is 1.70. The van der Waals surface area contributed by atoms with Gasteiger partial charge in [0.1, 0.15) is 5.75 Å². The molecule has 2 aromatic rings. The molecule has 1 aromatic heterocycles. The summed E-state index contributed by atoms with van der Waals surface area (Å²) in [5.74, 6) is 1.12. The summed E-state index contributed by atoms with van der Waals surface area (Å²) in [7, 11) is 1.76. The van der Waals surface area contributed by atoms with Crippen LogP contribution in [0.2, 0.25) is 0 Å². The number of aromatic nitrogens is 2. The van der Waals surface area contributed by atoms with Gasteiger partial charge in [-0.3, -0.25) is 0 Å². The van der Waals surface area contributed by atoms with E-state index in [1.165, 1.54) is 0 Å². The predicted octanol–water partition coefficient (Wildman–Crippen LogP) is 1.88. The average molecular weight is 243 g/mol. The Morgan fingerprint density at radius 2 is 2.06 bits per heavy atom. The summed E-state index contributed by atoms with van der Waals surface area (Å²) in [6, 6.07) is 8.82. The Hall–Kier alpha value is -2.32. The second-order valence-electron chi connectivity index (χ2n) is 3.89.